The number of carbonyl (C=O) groups excluding carboxylic acids is 2. The normalized spacial score (nSPS) is 16.4. The third kappa shape index (κ3) is 8.34. The highest BCUT2D eigenvalue weighted by Gasteiger charge is 2.27. The van der Waals surface area contributed by atoms with Crippen LogP contribution in [0, 0.1) is 11.8 Å². The number of benzene rings is 1. The van der Waals surface area contributed by atoms with E-state index >= 15 is 0 Å². The van der Waals surface area contributed by atoms with E-state index in [-0.39, 0.29) is 30.3 Å². The van der Waals surface area contributed by atoms with E-state index in [1.807, 2.05) is 35.2 Å². The highest BCUT2D eigenvalue weighted by Crippen LogP contribution is 2.20. The van der Waals surface area contributed by atoms with Gasteiger partial charge in [-0.05, 0) is 50.1 Å². The van der Waals surface area contributed by atoms with Crippen LogP contribution in [0.25, 0.3) is 0 Å². The molecule has 1 aliphatic rings. The largest absolute Gasteiger partial charge is 0.386 e. The SMILES string of the molecule is C=C(NCC(CCCN)C(=O)N1CCC(C)CC1)C(Cc1ccccc1)NC(=O)CN. The van der Waals surface area contributed by atoms with Gasteiger partial charge in [0.2, 0.25) is 11.8 Å². The highest BCUT2D eigenvalue weighted by atomic mass is 16.2. The molecular weight excluding hydrogens is 390 g/mol. The zero-order valence-electron chi connectivity index (χ0n) is 18.8. The second-order valence-electron chi connectivity index (χ2n) is 8.56. The predicted molar refractivity (Wildman–Crippen MR) is 125 cm³/mol. The highest BCUT2D eigenvalue weighted by molar-refractivity contribution is 5.79. The first-order valence-corrected chi connectivity index (χ1v) is 11.4. The van der Waals surface area contributed by atoms with Crippen molar-refractivity contribution < 1.29 is 9.59 Å². The average Bonchev–Trinajstić information content (AvgIpc) is 2.79. The van der Waals surface area contributed by atoms with E-state index in [9.17, 15) is 9.59 Å². The molecule has 1 saturated heterocycles. The summed E-state index contributed by atoms with van der Waals surface area (Å²) in [4.78, 5) is 27.1. The molecule has 172 valence electrons. The zero-order valence-corrected chi connectivity index (χ0v) is 18.8. The van der Waals surface area contributed by atoms with E-state index < -0.39 is 0 Å². The molecule has 1 aromatic carbocycles. The van der Waals surface area contributed by atoms with E-state index in [1.54, 1.807) is 0 Å². The number of carbonyl (C=O) groups is 2. The van der Waals surface area contributed by atoms with Gasteiger partial charge >= 0.3 is 0 Å². The number of nitrogens with one attached hydrogen (secondary N) is 2. The quantitative estimate of drug-likeness (QED) is 0.401. The van der Waals surface area contributed by atoms with Crippen LogP contribution in [0.4, 0.5) is 0 Å². The van der Waals surface area contributed by atoms with E-state index in [4.69, 9.17) is 11.5 Å². The van der Waals surface area contributed by atoms with Gasteiger partial charge < -0.3 is 27.0 Å². The van der Waals surface area contributed by atoms with Gasteiger partial charge in [0.15, 0.2) is 0 Å². The summed E-state index contributed by atoms with van der Waals surface area (Å²) in [7, 11) is 0. The Hall–Kier alpha value is -2.38. The van der Waals surface area contributed by atoms with E-state index in [2.05, 4.69) is 24.1 Å². The molecule has 7 nitrogen and oxygen atoms in total. The van der Waals surface area contributed by atoms with Crippen molar-refractivity contribution in [1.29, 1.82) is 0 Å². The van der Waals surface area contributed by atoms with Crippen molar-refractivity contribution >= 4 is 11.8 Å². The number of piperidine rings is 1. The van der Waals surface area contributed by atoms with Gasteiger partial charge in [0.25, 0.3) is 0 Å². The lowest BCUT2D eigenvalue weighted by Crippen LogP contribution is -2.47. The Kier molecular flexibility index (Phi) is 10.5. The second kappa shape index (κ2) is 13.1. The molecule has 1 aliphatic heterocycles. The lowest BCUT2D eigenvalue weighted by molar-refractivity contribution is -0.137. The lowest BCUT2D eigenvalue weighted by Gasteiger charge is -2.33. The van der Waals surface area contributed by atoms with Crippen LogP contribution in [0.5, 0.6) is 0 Å². The van der Waals surface area contributed by atoms with Crippen LogP contribution < -0.4 is 22.1 Å². The summed E-state index contributed by atoms with van der Waals surface area (Å²) >= 11 is 0. The van der Waals surface area contributed by atoms with Crippen LogP contribution in [0.15, 0.2) is 42.6 Å². The minimum atomic E-state index is -0.306. The van der Waals surface area contributed by atoms with E-state index in [0.29, 0.717) is 31.1 Å². The fourth-order valence-electron chi connectivity index (χ4n) is 3.91. The van der Waals surface area contributed by atoms with Crippen LogP contribution in [-0.2, 0) is 16.0 Å². The van der Waals surface area contributed by atoms with Crippen LogP contribution in [0.3, 0.4) is 0 Å². The molecule has 2 atom stereocenters. The molecule has 2 unspecified atom stereocenters. The summed E-state index contributed by atoms with van der Waals surface area (Å²) in [6.45, 7) is 9.00. The molecule has 1 fully saturated rings. The number of hydrogen-bond acceptors (Lipinski definition) is 5. The minimum absolute atomic E-state index is 0.0798. The molecule has 1 heterocycles. The molecular formula is C24H39N5O2. The Morgan fingerprint density at radius 1 is 1.19 bits per heavy atom. The van der Waals surface area contributed by atoms with Crippen molar-refractivity contribution in [2.24, 2.45) is 23.3 Å². The zero-order chi connectivity index (χ0) is 22.6. The fourth-order valence-corrected chi connectivity index (χ4v) is 3.91. The molecule has 0 aliphatic carbocycles. The molecule has 0 spiro atoms. The van der Waals surface area contributed by atoms with Crippen LogP contribution in [0.1, 0.15) is 38.2 Å². The molecule has 1 aromatic rings. The van der Waals surface area contributed by atoms with E-state index in [0.717, 1.165) is 44.3 Å². The Morgan fingerprint density at radius 2 is 1.87 bits per heavy atom. The van der Waals surface area contributed by atoms with Gasteiger partial charge in [0.1, 0.15) is 0 Å². The van der Waals surface area contributed by atoms with Gasteiger partial charge in [0.05, 0.1) is 18.5 Å². The molecule has 7 heteroatoms. The van der Waals surface area contributed by atoms with Crippen molar-refractivity contribution in [3.05, 3.63) is 48.2 Å². The molecule has 31 heavy (non-hydrogen) atoms. The molecule has 2 rings (SSSR count). The molecule has 6 N–H and O–H groups in total. The third-order valence-electron chi connectivity index (χ3n) is 6.00. The first kappa shape index (κ1) is 24.9. The van der Waals surface area contributed by atoms with Gasteiger partial charge in [-0.1, -0.05) is 43.8 Å². The number of hydrogen-bond donors (Lipinski definition) is 4. The van der Waals surface area contributed by atoms with Gasteiger partial charge in [0, 0.05) is 25.3 Å². The van der Waals surface area contributed by atoms with Crippen molar-refractivity contribution in [2.75, 3.05) is 32.7 Å². The Balaban J connectivity index is 2.00. The lowest BCUT2D eigenvalue weighted by atomic mass is 9.95. The van der Waals surface area contributed by atoms with Crippen LogP contribution in [-0.4, -0.2) is 55.5 Å². The number of rotatable bonds is 12. The second-order valence-corrected chi connectivity index (χ2v) is 8.56. The molecule has 2 amide bonds. The Labute approximate surface area is 186 Å². The number of amides is 2. The topological polar surface area (TPSA) is 113 Å². The summed E-state index contributed by atoms with van der Waals surface area (Å²) in [6, 6.07) is 9.61. The Morgan fingerprint density at radius 3 is 2.48 bits per heavy atom. The van der Waals surface area contributed by atoms with Crippen LogP contribution in [0.2, 0.25) is 0 Å². The Bertz CT molecular complexity index is 701. The average molecular weight is 430 g/mol. The third-order valence-corrected chi connectivity index (χ3v) is 6.00. The molecule has 0 bridgehead atoms. The first-order valence-electron chi connectivity index (χ1n) is 11.4. The number of likely N-dealkylation sites (tertiary alicyclic amines) is 1. The van der Waals surface area contributed by atoms with Gasteiger partial charge in [-0.3, -0.25) is 9.59 Å². The number of nitrogens with zero attached hydrogens (tertiary/aromatic N) is 1. The monoisotopic (exact) mass is 429 g/mol. The van der Waals surface area contributed by atoms with Crippen molar-refractivity contribution in [3.8, 4) is 0 Å². The van der Waals surface area contributed by atoms with Gasteiger partial charge in [-0.2, -0.15) is 0 Å². The summed E-state index contributed by atoms with van der Waals surface area (Å²) in [5.41, 5.74) is 13.0. The summed E-state index contributed by atoms with van der Waals surface area (Å²) in [5.74, 6) is 0.471. The van der Waals surface area contributed by atoms with Crippen LogP contribution >= 0.6 is 0 Å². The van der Waals surface area contributed by atoms with Crippen molar-refractivity contribution in [1.82, 2.24) is 15.5 Å². The number of nitrogens with two attached hydrogens (primary N) is 2. The minimum Gasteiger partial charge on any atom is -0.386 e. The van der Waals surface area contributed by atoms with Crippen molar-refractivity contribution in [2.45, 2.75) is 45.1 Å². The predicted octanol–water partition coefficient (Wildman–Crippen LogP) is 1.39. The maximum absolute atomic E-state index is 13.1. The maximum Gasteiger partial charge on any atom is 0.234 e. The maximum atomic E-state index is 13.1. The smallest absolute Gasteiger partial charge is 0.234 e. The molecule has 0 aromatic heterocycles. The van der Waals surface area contributed by atoms with Gasteiger partial charge in [-0.25, -0.2) is 0 Å². The summed E-state index contributed by atoms with van der Waals surface area (Å²) in [5, 5.41) is 6.27. The fraction of sp³-hybridized carbons (Fsp3) is 0.583. The summed E-state index contributed by atoms with van der Waals surface area (Å²) < 4.78 is 0. The standard InChI is InChI=1S/C24H39N5O2/c1-18-10-13-29(14-11-18)24(31)21(9-6-12-25)17-27-19(2)22(28-23(30)16-26)15-20-7-4-3-5-8-20/h3-5,7-8,18,21-22,27H,2,6,9-17,25-26H2,1H3,(H,28,30). The van der Waals surface area contributed by atoms with Crippen molar-refractivity contribution in [3.63, 3.8) is 0 Å². The molecule has 0 saturated carbocycles. The molecule has 0 radical (unpaired) electrons. The van der Waals surface area contributed by atoms with Gasteiger partial charge in [-0.15, -0.1) is 0 Å². The van der Waals surface area contributed by atoms with E-state index in [1.165, 1.54) is 0 Å². The summed E-state index contributed by atoms with van der Waals surface area (Å²) in [6.07, 6.45) is 4.25. The first-order chi connectivity index (χ1) is 14.9.